The predicted molar refractivity (Wildman–Crippen MR) is 127 cm³/mol. The first-order valence-electron chi connectivity index (χ1n) is 10.5. The van der Waals surface area contributed by atoms with E-state index < -0.39 is 11.2 Å². The highest BCUT2D eigenvalue weighted by molar-refractivity contribution is 5.89. The fraction of sp³-hybridized carbons (Fsp3) is 0.269. The van der Waals surface area contributed by atoms with Gasteiger partial charge >= 0.3 is 0 Å². The molecule has 0 saturated carbocycles. The summed E-state index contributed by atoms with van der Waals surface area (Å²) >= 11 is 0. The summed E-state index contributed by atoms with van der Waals surface area (Å²) in [6.45, 7) is 6.07. The van der Waals surface area contributed by atoms with Crippen LogP contribution in [0.25, 0.3) is 22.3 Å². The lowest BCUT2D eigenvalue weighted by Crippen LogP contribution is -2.08. The van der Waals surface area contributed by atoms with Crippen LogP contribution in [-0.2, 0) is 6.42 Å². The number of allylic oxidation sites excluding steroid dienone is 4. The fourth-order valence-electron chi connectivity index (χ4n) is 3.64. The number of hydrogen-bond donors (Lipinski definition) is 4. The molecule has 0 amide bonds. The third-order valence-corrected chi connectivity index (χ3v) is 5.37. The Bertz CT molecular complexity index is 1310. The molecule has 0 aliphatic heterocycles. The molecule has 3 rings (SSSR count). The second-order valence-corrected chi connectivity index (χ2v) is 8.17. The molecule has 1 aromatic heterocycles. The van der Waals surface area contributed by atoms with Gasteiger partial charge in [-0.3, -0.25) is 4.79 Å². The molecule has 0 aliphatic rings. The van der Waals surface area contributed by atoms with E-state index in [0.717, 1.165) is 24.5 Å². The summed E-state index contributed by atoms with van der Waals surface area (Å²) in [6.07, 6.45) is 6.09. The maximum Gasteiger partial charge on any atom is 0.239 e. The molecule has 3 aromatic rings. The summed E-state index contributed by atoms with van der Waals surface area (Å²) in [4.78, 5) is 13.0. The molecule has 0 unspecified atom stereocenters. The second-order valence-electron chi connectivity index (χ2n) is 8.17. The van der Waals surface area contributed by atoms with Crippen molar-refractivity contribution in [2.24, 2.45) is 0 Å². The van der Waals surface area contributed by atoms with Gasteiger partial charge in [0, 0.05) is 23.3 Å². The van der Waals surface area contributed by atoms with Gasteiger partial charge in [0.05, 0.1) is 7.11 Å². The Labute approximate surface area is 191 Å². The molecular formula is C26H28O7. The normalized spacial score (nSPS) is 11.6. The smallest absolute Gasteiger partial charge is 0.239 e. The van der Waals surface area contributed by atoms with E-state index in [4.69, 9.17) is 9.15 Å². The first-order valence-corrected chi connectivity index (χ1v) is 10.5. The van der Waals surface area contributed by atoms with Crippen molar-refractivity contribution in [1.29, 1.82) is 0 Å². The quantitative estimate of drug-likeness (QED) is 0.275. The summed E-state index contributed by atoms with van der Waals surface area (Å²) in [6, 6.07) is 5.07. The van der Waals surface area contributed by atoms with Crippen LogP contribution < -0.4 is 10.2 Å². The molecule has 0 aliphatic carbocycles. The molecule has 2 aromatic carbocycles. The Morgan fingerprint density at radius 3 is 2.42 bits per heavy atom. The number of rotatable bonds is 7. The lowest BCUT2D eigenvalue weighted by Gasteiger charge is -2.15. The number of ether oxygens (including phenoxy) is 1. The van der Waals surface area contributed by atoms with E-state index >= 15 is 0 Å². The van der Waals surface area contributed by atoms with Crippen molar-refractivity contribution in [2.75, 3.05) is 7.11 Å². The van der Waals surface area contributed by atoms with Gasteiger partial charge in [0.15, 0.2) is 17.3 Å². The summed E-state index contributed by atoms with van der Waals surface area (Å²) in [5.41, 5.74) is 2.37. The van der Waals surface area contributed by atoms with E-state index in [2.05, 4.69) is 6.08 Å². The average Bonchev–Trinajstić information content (AvgIpc) is 2.73. The van der Waals surface area contributed by atoms with Crippen LogP contribution in [0.3, 0.4) is 0 Å². The zero-order valence-electron chi connectivity index (χ0n) is 19.1. The maximum atomic E-state index is 13.0. The molecule has 0 bridgehead atoms. The van der Waals surface area contributed by atoms with Gasteiger partial charge in [0.2, 0.25) is 11.2 Å². The van der Waals surface area contributed by atoms with E-state index in [1.807, 2.05) is 26.8 Å². The number of methoxy groups -OCH3 is 1. The highest BCUT2D eigenvalue weighted by Gasteiger charge is 2.23. The minimum absolute atomic E-state index is 0.0147. The topological polar surface area (TPSA) is 120 Å². The van der Waals surface area contributed by atoms with Crippen LogP contribution in [0, 0.1) is 0 Å². The van der Waals surface area contributed by atoms with Gasteiger partial charge < -0.3 is 29.6 Å². The van der Waals surface area contributed by atoms with Crippen molar-refractivity contribution in [2.45, 2.75) is 40.0 Å². The summed E-state index contributed by atoms with van der Waals surface area (Å²) < 4.78 is 11.2. The number of hydrogen-bond acceptors (Lipinski definition) is 7. The molecule has 7 nitrogen and oxygen atoms in total. The Hall–Kier alpha value is -3.87. The molecular weight excluding hydrogens is 424 g/mol. The third-order valence-electron chi connectivity index (χ3n) is 5.37. The van der Waals surface area contributed by atoms with Gasteiger partial charge in [-0.2, -0.15) is 0 Å². The molecule has 174 valence electrons. The van der Waals surface area contributed by atoms with Crippen molar-refractivity contribution in [3.8, 4) is 40.1 Å². The van der Waals surface area contributed by atoms with Crippen molar-refractivity contribution in [3.63, 3.8) is 0 Å². The average molecular weight is 453 g/mol. The molecule has 0 atom stereocenters. The first-order chi connectivity index (χ1) is 15.6. The van der Waals surface area contributed by atoms with Crippen LogP contribution in [0.5, 0.6) is 28.7 Å². The van der Waals surface area contributed by atoms with Crippen molar-refractivity contribution in [3.05, 3.63) is 63.4 Å². The summed E-state index contributed by atoms with van der Waals surface area (Å²) in [7, 11) is 1.30. The second kappa shape index (κ2) is 9.73. The molecule has 0 spiro atoms. The maximum absolute atomic E-state index is 13.0. The fourth-order valence-corrected chi connectivity index (χ4v) is 3.64. The van der Waals surface area contributed by atoms with Crippen LogP contribution in [0.2, 0.25) is 0 Å². The Morgan fingerprint density at radius 2 is 1.76 bits per heavy atom. The lowest BCUT2D eigenvalue weighted by atomic mass is 9.97. The standard InChI is InChI=1S/C26H28O7/c1-14(2)6-5-7-15(3)8-9-17-18(10-11-19(28)23(17)30)25-26(32-4)24(31)22-20(29)12-16(27)13-21(22)33-25/h6,8,10-13,27-30H,5,7,9H2,1-4H3/b15-8+. The van der Waals surface area contributed by atoms with Crippen molar-refractivity contribution < 1.29 is 29.6 Å². The van der Waals surface area contributed by atoms with E-state index in [1.165, 1.54) is 30.9 Å². The largest absolute Gasteiger partial charge is 0.508 e. The predicted octanol–water partition coefficient (Wildman–Crippen LogP) is 5.53. The van der Waals surface area contributed by atoms with Crippen LogP contribution in [0.1, 0.15) is 39.2 Å². The number of benzene rings is 2. The minimum Gasteiger partial charge on any atom is -0.508 e. The van der Waals surface area contributed by atoms with Crippen LogP contribution in [0.15, 0.2) is 56.8 Å². The highest BCUT2D eigenvalue weighted by atomic mass is 16.5. The van der Waals surface area contributed by atoms with E-state index in [9.17, 15) is 25.2 Å². The van der Waals surface area contributed by atoms with Crippen molar-refractivity contribution in [1.82, 2.24) is 0 Å². The Kier molecular flexibility index (Phi) is 7.01. The monoisotopic (exact) mass is 452 g/mol. The van der Waals surface area contributed by atoms with Gasteiger partial charge in [-0.05, 0) is 52.2 Å². The molecule has 0 radical (unpaired) electrons. The number of phenolic OH excluding ortho intramolecular Hbond substituents is 4. The van der Waals surface area contributed by atoms with E-state index in [1.54, 1.807) is 0 Å². The molecule has 1 heterocycles. The van der Waals surface area contributed by atoms with Gasteiger partial charge in [-0.15, -0.1) is 0 Å². The zero-order chi connectivity index (χ0) is 24.3. The van der Waals surface area contributed by atoms with Crippen molar-refractivity contribution >= 4 is 11.0 Å². The minimum atomic E-state index is -0.627. The third kappa shape index (κ3) is 4.98. The van der Waals surface area contributed by atoms with Crippen LogP contribution >= 0.6 is 0 Å². The van der Waals surface area contributed by atoms with Gasteiger partial charge in [0.1, 0.15) is 22.5 Å². The number of phenols is 4. The summed E-state index contributed by atoms with van der Waals surface area (Å²) in [5, 5.41) is 40.5. The first kappa shape index (κ1) is 23.8. The molecule has 7 heteroatoms. The van der Waals surface area contributed by atoms with Gasteiger partial charge in [-0.25, -0.2) is 0 Å². The van der Waals surface area contributed by atoms with Gasteiger partial charge in [-0.1, -0.05) is 23.3 Å². The summed E-state index contributed by atoms with van der Waals surface area (Å²) in [5.74, 6) is -1.50. The Balaban J connectivity index is 2.17. The van der Waals surface area contributed by atoms with Gasteiger partial charge in [0.25, 0.3) is 0 Å². The molecule has 4 N–H and O–H groups in total. The number of aromatic hydroxyl groups is 4. The van der Waals surface area contributed by atoms with E-state index in [0.29, 0.717) is 11.1 Å². The molecule has 0 fully saturated rings. The van der Waals surface area contributed by atoms with Crippen LogP contribution in [0.4, 0.5) is 0 Å². The Morgan fingerprint density at radius 1 is 1.03 bits per heavy atom. The number of fused-ring (bicyclic) bond motifs is 1. The zero-order valence-corrected chi connectivity index (χ0v) is 19.1. The van der Waals surface area contributed by atoms with Crippen LogP contribution in [-0.4, -0.2) is 27.5 Å². The molecule has 33 heavy (non-hydrogen) atoms. The highest BCUT2D eigenvalue weighted by Crippen LogP contribution is 2.42. The van der Waals surface area contributed by atoms with E-state index in [-0.39, 0.29) is 46.1 Å². The SMILES string of the molecule is COc1c(-c2ccc(O)c(O)c2C/C=C(\C)CCC=C(C)C)oc2cc(O)cc(O)c2c1=O. The lowest BCUT2D eigenvalue weighted by molar-refractivity contribution is 0.394. The molecule has 0 saturated heterocycles.